The van der Waals surface area contributed by atoms with Crippen LogP contribution in [0.1, 0.15) is 39.2 Å². The number of methoxy groups -OCH3 is 1. The van der Waals surface area contributed by atoms with Crippen LogP contribution < -0.4 is 5.32 Å². The highest BCUT2D eigenvalue weighted by molar-refractivity contribution is 7.80. The van der Waals surface area contributed by atoms with Crippen molar-refractivity contribution in [2.45, 2.75) is 32.6 Å². The van der Waals surface area contributed by atoms with Gasteiger partial charge in [-0.1, -0.05) is 0 Å². The monoisotopic (exact) mass is 335 g/mol. The van der Waals surface area contributed by atoms with Crippen molar-refractivity contribution >= 4 is 39.6 Å². The van der Waals surface area contributed by atoms with E-state index in [9.17, 15) is 4.79 Å². The molecular weight excluding hydrogens is 318 g/mol. The van der Waals surface area contributed by atoms with E-state index in [1.165, 1.54) is 12.0 Å². The number of rotatable bonds is 2. The van der Waals surface area contributed by atoms with Gasteiger partial charge in [-0.05, 0) is 56.0 Å². The minimum Gasteiger partial charge on any atom is -0.465 e. The highest BCUT2D eigenvalue weighted by Crippen LogP contribution is 2.38. The molecule has 2 aromatic heterocycles. The normalized spacial score (nSPS) is 13.5. The molecule has 0 atom stereocenters. The molecule has 1 N–H and O–H groups in total. The molecule has 0 unspecified atom stereocenters. The molecule has 0 aliphatic heterocycles. The summed E-state index contributed by atoms with van der Waals surface area (Å²) in [7, 11) is 1.41. The number of thiocarbonyl (C=S) groups is 1. The van der Waals surface area contributed by atoms with Crippen LogP contribution in [0.4, 0.5) is 5.00 Å². The van der Waals surface area contributed by atoms with Crippen molar-refractivity contribution in [3.63, 3.8) is 0 Å². The topological polar surface area (TPSA) is 56.1 Å². The standard InChI is InChI=1S/C15H17N3O2S2/c1-9-7-16-18(8-9)15(21)17-13-12(14(19)20-2)10-5-3-4-6-11(10)22-13/h7-8H,3-6H2,1-2H3,(H,17,21). The highest BCUT2D eigenvalue weighted by Gasteiger charge is 2.26. The van der Waals surface area contributed by atoms with Gasteiger partial charge in [0, 0.05) is 11.1 Å². The molecule has 2 heterocycles. The molecule has 0 spiro atoms. The number of nitrogens with one attached hydrogen (secondary N) is 1. The maximum atomic E-state index is 12.2. The van der Waals surface area contributed by atoms with E-state index in [-0.39, 0.29) is 5.97 Å². The smallest absolute Gasteiger partial charge is 0.341 e. The number of anilines is 1. The van der Waals surface area contributed by atoms with Crippen LogP contribution in [0.25, 0.3) is 0 Å². The first-order valence-corrected chi connectivity index (χ1v) is 8.38. The SMILES string of the molecule is COC(=O)c1c(NC(=S)n2cc(C)cn2)sc2c1CCCC2. The lowest BCUT2D eigenvalue weighted by Gasteiger charge is -2.12. The maximum absolute atomic E-state index is 12.2. The number of hydrogen-bond acceptors (Lipinski definition) is 5. The molecule has 3 rings (SSSR count). The van der Waals surface area contributed by atoms with Crippen molar-refractivity contribution in [2.75, 3.05) is 12.4 Å². The highest BCUT2D eigenvalue weighted by atomic mass is 32.1. The predicted molar refractivity (Wildman–Crippen MR) is 90.9 cm³/mol. The third-order valence-corrected chi connectivity index (χ3v) is 5.20. The number of hydrogen-bond donors (Lipinski definition) is 1. The van der Waals surface area contributed by atoms with Gasteiger partial charge in [0.25, 0.3) is 0 Å². The lowest BCUT2D eigenvalue weighted by Crippen LogP contribution is -2.20. The van der Waals surface area contributed by atoms with Crippen LogP contribution in [0.3, 0.4) is 0 Å². The zero-order valence-corrected chi connectivity index (χ0v) is 14.1. The van der Waals surface area contributed by atoms with Crippen molar-refractivity contribution in [3.05, 3.63) is 34.0 Å². The van der Waals surface area contributed by atoms with Crippen LogP contribution in [0.2, 0.25) is 0 Å². The van der Waals surface area contributed by atoms with Crippen molar-refractivity contribution in [3.8, 4) is 0 Å². The van der Waals surface area contributed by atoms with Gasteiger partial charge in [0.2, 0.25) is 0 Å². The first-order valence-electron chi connectivity index (χ1n) is 7.15. The minimum absolute atomic E-state index is 0.304. The minimum atomic E-state index is -0.304. The van der Waals surface area contributed by atoms with Crippen LogP contribution >= 0.6 is 23.6 Å². The molecule has 0 fully saturated rings. The Morgan fingerprint density at radius 1 is 1.45 bits per heavy atom. The van der Waals surface area contributed by atoms with E-state index < -0.39 is 0 Å². The summed E-state index contributed by atoms with van der Waals surface area (Å²) >= 11 is 6.98. The second kappa shape index (κ2) is 6.18. The molecule has 0 saturated carbocycles. The van der Waals surface area contributed by atoms with Gasteiger partial charge in [-0.2, -0.15) is 5.10 Å². The molecule has 0 radical (unpaired) electrons. The Morgan fingerprint density at radius 3 is 2.91 bits per heavy atom. The van der Waals surface area contributed by atoms with E-state index in [1.807, 2.05) is 13.1 Å². The number of nitrogens with zero attached hydrogens (tertiary/aromatic N) is 2. The number of carbonyl (C=O) groups is 1. The Hall–Kier alpha value is -1.73. The van der Waals surface area contributed by atoms with Crippen molar-refractivity contribution in [1.29, 1.82) is 0 Å². The summed E-state index contributed by atoms with van der Waals surface area (Å²) in [6.07, 6.45) is 7.80. The summed E-state index contributed by atoms with van der Waals surface area (Å²) in [4.78, 5) is 13.4. The number of thiophene rings is 1. The molecule has 5 nitrogen and oxygen atoms in total. The fourth-order valence-electron chi connectivity index (χ4n) is 2.65. The molecule has 116 valence electrons. The van der Waals surface area contributed by atoms with E-state index in [0.29, 0.717) is 10.7 Å². The lowest BCUT2D eigenvalue weighted by molar-refractivity contribution is 0.0601. The second-order valence-electron chi connectivity index (χ2n) is 5.30. The average Bonchev–Trinajstić information content (AvgIpc) is 3.09. The van der Waals surface area contributed by atoms with Gasteiger partial charge in [-0.15, -0.1) is 11.3 Å². The Morgan fingerprint density at radius 2 is 2.23 bits per heavy atom. The average molecular weight is 335 g/mol. The fourth-order valence-corrected chi connectivity index (χ4v) is 4.19. The molecule has 0 amide bonds. The number of esters is 1. The first-order chi connectivity index (χ1) is 10.6. The second-order valence-corrected chi connectivity index (χ2v) is 6.79. The van der Waals surface area contributed by atoms with Crippen molar-refractivity contribution in [2.24, 2.45) is 0 Å². The van der Waals surface area contributed by atoms with Crippen LogP contribution in [-0.4, -0.2) is 28.0 Å². The molecule has 7 heteroatoms. The molecule has 0 bridgehead atoms. The van der Waals surface area contributed by atoms with Crippen molar-refractivity contribution < 1.29 is 9.53 Å². The van der Waals surface area contributed by atoms with E-state index >= 15 is 0 Å². The molecular formula is C15H17N3O2S2. The Bertz CT molecular complexity index is 733. The van der Waals surface area contributed by atoms with Crippen LogP contribution in [0.5, 0.6) is 0 Å². The third kappa shape index (κ3) is 2.78. The molecule has 2 aromatic rings. The van der Waals surface area contributed by atoms with Gasteiger partial charge in [0.05, 0.1) is 18.9 Å². The predicted octanol–water partition coefficient (Wildman–Crippen LogP) is 3.16. The number of aromatic nitrogens is 2. The Kier molecular flexibility index (Phi) is 4.26. The molecule has 1 aliphatic carbocycles. The van der Waals surface area contributed by atoms with Gasteiger partial charge < -0.3 is 10.1 Å². The Labute approximate surface area is 138 Å². The summed E-state index contributed by atoms with van der Waals surface area (Å²) < 4.78 is 6.56. The zero-order chi connectivity index (χ0) is 15.7. The first kappa shape index (κ1) is 15.2. The third-order valence-electron chi connectivity index (χ3n) is 3.70. The molecule has 0 aromatic carbocycles. The van der Waals surface area contributed by atoms with Gasteiger partial charge in [0.15, 0.2) is 5.11 Å². The van der Waals surface area contributed by atoms with Crippen LogP contribution in [0, 0.1) is 6.92 Å². The van der Waals surface area contributed by atoms with E-state index in [4.69, 9.17) is 17.0 Å². The largest absolute Gasteiger partial charge is 0.465 e. The van der Waals surface area contributed by atoms with Gasteiger partial charge in [-0.25, -0.2) is 9.48 Å². The lowest BCUT2D eigenvalue weighted by atomic mass is 9.95. The molecule has 22 heavy (non-hydrogen) atoms. The number of aryl methyl sites for hydroxylation is 2. The van der Waals surface area contributed by atoms with E-state index in [2.05, 4.69) is 10.4 Å². The summed E-state index contributed by atoms with van der Waals surface area (Å²) in [6.45, 7) is 1.95. The summed E-state index contributed by atoms with van der Waals surface area (Å²) in [5.74, 6) is -0.304. The van der Waals surface area contributed by atoms with Gasteiger partial charge >= 0.3 is 5.97 Å². The van der Waals surface area contributed by atoms with E-state index in [0.717, 1.165) is 41.8 Å². The summed E-state index contributed by atoms with van der Waals surface area (Å²) in [5, 5.41) is 8.57. The molecule has 0 saturated heterocycles. The van der Waals surface area contributed by atoms with Crippen molar-refractivity contribution in [1.82, 2.24) is 9.78 Å². The number of fused-ring (bicyclic) bond motifs is 1. The quantitative estimate of drug-likeness (QED) is 0.675. The Balaban J connectivity index is 1.94. The summed E-state index contributed by atoms with van der Waals surface area (Å²) in [6, 6.07) is 0. The number of ether oxygens (including phenoxy) is 1. The van der Waals surface area contributed by atoms with Gasteiger partial charge in [-0.3, -0.25) is 0 Å². The van der Waals surface area contributed by atoms with Crippen LogP contribution in [0.15, 0.2) is 12.4 Å². The fraction of sp³-hybridized carbons (Fsp3) is 0.400. The van der Waals surface area contributed by atoms with E-state index in [1.54, 1.807) is 22.2 Å². The number of carbonyl (C=O) groups excluding carboxylic acids is 1. The van der Waals surface area contributed by atoms with Gasteiger partial charge in [0.1, 0.15) is 5.00 Å². The van der Waals surface area contributed by atoms with Crippen LogP contribution in [-0.2, 0) is 17.6 Å². The summed E-state index contributed by atoms with van der Waals surface area (Å²) in [5.41, 5.74) is 2.78. The maximum Gasteiger partial charge on any atom is 0.341 e. The zero-order valence-electron chi connectivity index (χ0n) is 12.5. The molecule has 1 aliphatic rings.